The maximum absolute atomic E-state index is 6.02. The SMILES string of the molecule is C#CC1(/C(C=C(C)C)=C/CSC(=C)/C=C(\C=C/C)C(C)C)CCCCC1. The lowest BCUT2D eigenvalue weighted by Crippen LogP contribution is -2.24. The van der Waals surface area contributed by atoms with Gasteiger partial charge in [-0.15, -0.1) is 18.2 Å². The van der Waals surface area contributed by atoms with E-state index in [0.29, 0.717) is 5.92 Å². The highest BCUT2D eigenvalue weighted by atomic mass is 32.2. The molecule has 0 aromatic heterocycles. The molecule has 1 saturated carbocycles. The van der Waals surface area contributed by atoms with Crippen molar-refractivity contribution in [2.75, 3.05) is 5.75 Å². The molecule has 1 aliphatic carbocycles. The quantitative estimate of drug-likeness (QED) is 0.310. The minimum absolute atomic E-state index is 0.0682. The fourth-order valence-corrected chi connectivity index (χ4v) is 4.14. The molecule has 0 N–H and O–H groups in total. The van der Waals surface area contributed by atoms with Crippen molar-refractivity contribution in [2.24, 2.45) is 11.3 Å². The van der Waals surface area contributed by atoms with Crippen molar-refractivity contribution in [1.82, 2.24) is 0 Å². The Hall–Kier alpha value is -1.39. The van der Waals surface area contributed by atoms with Gasteiger partial charge in [-0.25, -0.2) is 0 Å². The first kappa shape index (κ1) is 22.7. The van der Waals surface area contributed by atoms with E-state index >= 15 is 0 Å². The van der Waals surface area contributed by atoms with Crippen LogP contribution in [0.15, 0.2) is 58.6 Å². The predicted molar refractivity (Wildman–Crippen MR) is 121 cm³/mol. The third-order valence-corrected chi connectivity index (χ3v) is 5.73. The first-order chi connectivity index (χ1) is 12.3. The molecule has 0 aromatic rings. The van der Waals surface area contributed by atoms with Gasteiger partial charge in [0.1, 0.15) is 0 Å². The van der Waals surface area contributed by atoms with Gasteiger partial charge in [0.25, 0.3) is 0 Å². The Bertz CT molecular complexity index is 622. The van der Waals surface area contributed by atoms with Crippen LogP contribution >= 0.6 is 11.8 Å². The molecule has 142 valence electrons. The summed E-state index contributed by atoms with van der Waals surface area (Å²) >= 11 is 1.80. The molecule has 0 spiro atoms. The van der Waals surface area contributed by atoms with Crippen molar-refractivity contribution in [3.05, 3.63) is 58.6 Å². The van der Waals surface area contributed by atoms with E-state index in [-0.39, 0.29) is 5.41 Å². The minimum Gasteiger partial charge on any atom is -0.123 e. The molecule has 0 atom stereocenters. The molecule has 0 unspecified atom stereocenters. The van der Waals surface area contributed by atoms with Gasteiger partial charge in [0, 0.05) is 10.7 Å². The zero-order chi connectivity index (χ0) is 19.6. The Morgan fingerprint density at radius 1 is 1.19 bits per heavy atom. The minimum atomic E-state index is -0.0682. The summed E-state index contributed by atoms with van der Waals surface area (Å²) < 4.78 is 0. The van der Waals surface area contributed by atoms with E-state index in [1.165, 1.54) is 36.0 Å². The number of rotatable bonds is 8. The molecule has 0 aliphatic heterocycles. The van der Waals surface area contributed by atoms with E-state index in [1.807, 2.05) is 0 Å². The maximum atomic E-state index is 6.02. The van der Waals surface area contributed by atoms with Gasteiger partial charge in [0.2, 0.25) is 0 Å². The van der Waals surface area contributed by atoms with Crippen molar-refractivity contribution in [3.63, 3.8) is 0 Å². The first-order valence-corrected chi connectivity index (χ1v) is 10.8. The maximum Gasteiger partial charge on any atom is 0.0557 e. The number of terminal acetylenes is 1. The third kappa shape index (κ3) is 7.08. The van der Waals surface area contributed by atoms with Crippen LogP contribution in [-0.2, 0) is 0 Å². The van der Waals surface area contributed by atoms with Crippen molar-refractivity contribution in [2.45, 2.75) is 66.7 Å². The van der Waals surface area contributed by atoms with Crippen LogP contribution in [0, 0.1) is 23.7 Å². The summed E-state index contributed by atoms with van der Waals surface area (Å²) in [7, 11) is 0. The lowest BCUT2D eigenvalue weighted by molar-refractivity contribution is 0.326. The van der Waals surface area contributed by atoms with Gasteiger partial charge < -0.3 is 0 Å². The molecule has 0 bridgehead atoms. The van der Waals surface area contributed by atoms with Crippen LogP contribution in [0.3, 0.4) is 0 Å². The van der Waals surface area contributed by atoms with E-state index in [1.54, 1.807) is 11.8 Å². The molecular formula is C25H36S. The molecule has 26 heavy (non-hydrogen) atoms. The molecular weight excluding hydrogens is 332 g/mol. The van der Waals surface area contributed by atoms with E-state index in [0.717, 1.165) is 23.5 Å². The summed E-state index contributed by atoms with van der Waals surface area (Å²) in [5.41, 5.74) is 3.91. The van der Waals surface area contributed by atoms with Gasteiger partial charge in [0.15, 0.2) is 0 Å². The summed E-state index contributed by atoms with van der Waals surface area (Å²) in [5.74, 6) is 4.58. The van der Waals surface area contributed by atoms with Crippen LogP contribution in [0.25, 0.3) is 0 Å². The number of hydrogen-bond acceptors (Lipinski definition) is 1. The van der Waals surface area contributed by atoms with Crippen LogP contribution in [-0.4, -0.2) is 5.75 Å². The molecule has 0 amide bonds. The predicted octanol–water partition coefficient (Wildman–Crippen LogP) is 7.87. The summed E-state index contributed by atoms with van der Waals surface area (Å²) in [6.45, 7) is 15.0. The van der Waals surface area contributed by atoms with Gasteiger partial charge >= 0.3 is 0 Å². The van der Waals surface area contributed by atoms with Gasteiger partial charge in [-0.1, -0.05) is 75.5 Å². The second-order valence-electron chi connectivity index (χ2n) is 7.74. The molecule has 1 aliphatic rings. The highest BCUT2D eigenvalue weighted by molar-refractivity contribution is 8.03. The van der Waals surface area contributed by atoms with Crippen molar-refractivity contribution >= 4 is 11.8 Å². The normalized spacial score (nSPS) is 18.0. The molecule has 1 fully saturated rings. The second-order valence-corrected chi connectivity index (χ2v) is 8.89. The van der Waals surface area contributed by atoms with E-state index in [9.17, 15) is 0 Å². The standard InChI is InChI=1S/C25H36S/c1-8-13-23(21(5)6)19-22(7)26-17-14-24(18-20(3)4)25(9-2)15-11-10-12-16-25/h2,8,13-14,18-19,21H,7,10-12,15-17H2,1,3-6H3/b13-8-,23-19+,24-14+. The smallest absolute Gasteiger partial charge is 0.0557 e. The van der Waals surface area contributed by atoms with Crippen molar-refractivity contribution in [3.8, 4) is 12.3 Å². The highest BCUT2D eigenvalue weighted by Crippen LogP contribution is 2.43. The number of hydrogen-bond donors (Lipinski definition) is 0. The fraction of sp³-hybridized carbons (Fsp3) is 0.520. The van der Waals surface area contributed by atoms with Crippen LogP contribution < -0.4 is 0 Å². The number of allylic oxidation sites excluding steroid dienone is 7. The lowest BCUT2D eigenvalue weighted by Gasteiger charge is -2.34. The van der Waals surface area contributed by atoms with E-state index in [2.05, 4.69) is 77.5 Å². The Balaban J connectivity index is 2.92. The van der Waals surface area contributed by atoms with Gasteiger partial charge in [-0.2, -0.15) is 0 Å². The molecule has 0 nitrogen and oxygen atoms in total. The average molecular weight is 369 g/mol. The highest BCUT2D eigenvalue weighted by Gasteiger charge is 2.32. The third-order valence-electron chi connectivity index (χ3n) is 4.91. The van der Waals surface area contributed by atoms with E-state index in [4.69, 9.17) is 6.42 Å². The van der Waals surface area contributed by atoms with Gasteiger partial charge in [0.05, 0.1) is 5.41 Å². The molecule has 1 rings (SSSR count). The topological polar surface area (TPSA) is 0 Å². The Morgan fingerprint density at radius 2 is 1.85 bits per heavy atom. The summed E-state index contributed by atoms with van der Waals surface area (Å²) in [6.07, 6.45) is 23.1. The molecule has 0 heterocycles. The summed E-state index contributed by atoms with van der Waals surface area (Å²) in [5, 5.41) is 0. The van der Waals surface area contributed by atoms with E-state index < -0.39 is 0 Å². The van der Waals surface area contributed by atoms with Gasteiger partial charge in [-0.3, -0.25) is 0 Å². The first-order valence-electron chi connectivity index (χ1n) is 9.84. The monoisotopic (exact) mass is 368 g/mol. The Kier molecular flexibility index (Phi) is 9.89. The molecule has 0 saturated heterocycles. The van der Waals surface area contributed by atoms with Crippen molar-refractivity contribution in [1.29, 1.82) is 0 Å². The Labute approximate surface area is 166 Å². The lowest BCUT2D eigenvalue weighted by atomic mass is 9.69. The molecule has 0 radical (unpaired) electrons. The summed E-state index contributed by atoms with van der Waals surface area (Å²) in [6, 6.07) is 0. The van der Waals surface area contributed by atoms with Crippen LogP contribution in [0.1, 0.15) is 66.7 Å². The van der Waals surface area contributed by atoms with Crippen molar-refractivity contribution < 1.29 is 0 Å². The largest absolute Gasteiger partial charge is 0.123 e. The Morgan fingerprint density at radius 3 is 2.35 bits per heavy atom. The summed E-state index contributed by atoms with van der Waals surface area (Å²) in [4.78, 5) is 1.11. The van der Waals surface area contributed by atoms with Gasteiger partial charge in [-0.05, 0) is 56.8 Å². The van der Waals surface area contributed by atoms with Crippen LogP contribution in [0.5, 0.6) is 0 Å². The zero-order valence-corrected chi connectivity index (χ0v) is 18.2. The van der Waals surface area contributed by atoms with Crippen LogP contribution in [0.4, 0.5) is 0 Å². The molecule has 1 heteroatoms. The zero-order valence-electron chi connectivity index (χ0n) is 17.4. The number of thioether (sulfide) groups is 1. The fourth-order valence-electron chi connectivity index (χ4n) is 3.44. The van der Waals surface area contributed by atoms with Crippen LogP contribution in [0.2, 0.25) is 0 Å². The molecule has 0 aromatic carbocycles. The average Bonchev–Trinajstić information content (AvgIpc) is 2.60. The second kappa shape index (κ2) is 11.3.